The first-order valence-electron chi connectivity index (χ1n) is 8.53. The van der Waals surface area contributed by atoms with Gasteiger partial charge in [-0.15, -0.1) is 11.5 Å². The van der Waals surface area contributed by atoms with Crippen LogP contribution in [0.1, 0.15) is 38.4 Å². The van der Waals surface area contributed by atoms with Crippen molar-refractivity contribution >= 4 is 22.9 Å². The summed E-state index contributed by atoms with van der Waals surface area (Å²) in [7, 11) is 0. The van der Waals surface area contributed by atoms with Gasteiger partial charge in [-0.05, 0) is 45.7 Å². The molecular formula is C20H21N3O3. The highest BCUT2D eigenvalue weighted by Crippen LogP contribution is 2.33. The molecule has 1 heterocycles. The molecule has 6 heteroatoms. The van der Waals surface area contributed by atoms with Gasteiger partial charge in [0.1, 0.15) is 5.52 Å². The molecule has 2 atom stereocenters. The fourth-order valence-electron chi connectivity index (χ4n) is 3.13. The number of nitrogens with zero attached hydrogens (tertiary/aromatic N) is 3. The van der Waals surface area contributed by atoms with Crippen LogP contribution in [0.5, 0.6) is 0 Å². The fourth-order valence-corrected chi connectivity index (χ4v) is 3.13. The summed E-state index contributed by atoms with van der Waals surface area (Å²) in [5.74, 6) is 0.572. The predicted molar refractivity (Wildman–Crippen MR) is 97.1 cm³/mol. The molecular weight excluding hydrogens is 330 g/mol. The van der Waals surface area contributed by atoms with E-state index in [1.54, 1.807) is 26.0 Å². The largest absolute Gasteiger partial charge is 0.446 e. The van der Waals surface area contributed by atoms with Crippen molar-refractivity contribution in [3.05, 3.63) is 35.9 Å². The van der Waals surface area contributed by atoms with Crippen molar-refractivity contribution in [1.29, 1.82) is 0 Å². The van der Waals surface area contributed by atoms with Crippen LogP contribution < -0.4 is 0 Å². The number of carbonyl (C=O) groups is 2. The smallest absolute Gasteiger partial charge is 0.311 e. The Morgan fingerprint density at radius 3 is 2.77 bits per heavy atom. The van der Waals surface area contributed by atoms with E-state index in [0.29, 0.717) is 23.9 Å². The summed E-state index contributed by atoms with van der Waals surface area (Å²) in [6.07, 6.45) is 8.32. The zero-order chi connectivity index (χ0) is 18.9. The molecule has 1 aliphatic carbocycles. The van der Waals surface area contributed by atoms with E-state index in [1.807, 2.05) is 25.1 Å². The minimum Gasteiger partial charge on any atom is -0.446 e. The van der Waals surface area contributed by atoms with Gasteiger partial charge >= 0.3 is 5.97 Å². The van der Waals surface area contributed by atoms with Gasteiger partial charge in [-0.25, -0.2) is 0 Å². The van der Waals surface area contributed by atoms with Crippen molar-refractivity contribution in [2.75, 3.05) is 0 Å². The van der Waals surface area contributed by atoms with Crippen LogP contribution in [0.3, 0.4) is 0 Å². The number of hydrogen-bond donors (Lipinski definition) is 0. The number of esters is 1. The Morgan fingerprint density at radius 2 is 2.04 bits per heavy atom. The van der Waals surface area contributed by atoms with Crippen molar-refractivity contribution in [2.24, 2.45) is 11.8 Å². The topological polar surface area (TPSA) is 74.1 Å². The molecule has 0 bridgehead atoms. The summed E-state index contributed by atoms with van der Waals surface area (Å²) in [6, 6.07) is 7.23. The SMILES string of the molecule is C#CC(C)(C)OC(=O)[C@@H]1CC(C)=CC[C@@H]1C(=O)n1nnc2ccccc21. The molecule has 0 aliphatic heterocycles. The molecule has 6 nitrogen and oxygen atoms in total. The fraction of sp³-hybridized carbons (Fsp3) is 0.400. The van der Waals surface area contributed by atoms with Crippen LogP contribution in [0, 0.1) is 24.2 Å². The van der Waals surface area contributed by atoms with Crippen LogP contribution in [0.2, 0.25) is 0 Å². The second kappa shape index (κ2) is 6.75. The summed E-state index contributed by atoms with van der Waals surface area (Å²) in [4.78, 5) is 25.8. The quantitative estimate of drug-likeness (QED) is 0.483. The molecule has 134 valence electrons. The Bertz CT molecular complexity index is 933. The lowest BCUT2D eigenvalue weighted by atomic mass is 9.79. The first kappa shape index (κ1) is 17.9. The van der Waals surface area contributed by atoms with Gasteiger partial charge in [0.25, 0.3) is 5.91 Å². The minimum atomic E-state index is -1.01. The van der Waals surface area contributed by atoms with E-state index in [1.165, 1.54) is 4.68 Å². The number of para-hydroxylation sites is 1. The number of carbonyl (C=O) groups excluding carboxylic acids is 2. The molecule has 0 saturated carbocycles. The standard InChI is InChI=1S/C20H21N3O3/c1-5-20(3,4)26-19(25)15-12-13(2)10-11-14(15)18(24)23-17-9-7-6-8-16(17)21-22-23/h1,6-10,14-15H,11-12H2,2-4H3/t14-,15+/m0/s1. The highest BCUT2D eigenvalue weighted by Gasteiger charge is 2.39. The molecule has 0 saturated heterocycles. The van der Waals surface area contributed by atoms with Crippen molar-refractivity contribution in [3.63, 3.8) is 0 Å². The molecule has 1 aromatic carbocycles. The highest BCUT2D eigenvalue weighted by molar-refractivity contribution is 5.93. The lowest BCUT2D eigenvalue weighted by molar-refractivity contribution is -0.158. The van der Waals surface area contributed by atoms with E-state index in [9.17, 15) is 9.59 Å². The average Bonchev–Trinajstić information content (AvgIpc) is 3.05. The Morgan fingerprint density at radius 1 is 1.31 bits per heavy atom. The van der Waals surface area contributed by atoms with E-state index in [-0.39, 0.29) is 5.91 Å². The summed E-state index contributed by atoms with van der Waals surface area (Å²) < 4.78 is 6.74. The van der Waals surface area contributed by atoms with E-state index in [0.717, 1.165) is 5.57 Å². The van der Waals surface area contributed by atoms with Gasteiger partial charge in [0.05, 0.1) is 17.4 Å². The predicted octanol–water partition coefficient (Wildman–Crippen LogP) is 3.00. The molecule has 26 heavy (non-hydrogen) atoms. The zero-order valence-electron chi connectivity index (χ0n) is 15.1. The zero-order valence-corrected chi connectivity index (χ0v) is 15.1. The molecule has 1 aromatic heterocycles. The van der Waals surface area contributed by atoms with Crippen LogP contribution >= 0.6 is 0 Å². The normalized spacial score (nSPS) is 20.3. The Balaban J connectivity index is 1.92. The van der Waals surface area contributed by atoms with Crippen molar-refractivity contribution < 1.29 is 14.3 Å². The molecule has 2 aromatic rings. The summed E-state index contributed by atoms with van der Waals surface area (Å²) in [6.45, 7) is 5.24. The first-order chi connectivity index (χ1) is 12.3. The van der Waals surface area contributed by atoms with Gasteiger partial charge < -0.3 is 4.74 Å². The van der Waals surface area contributed by atoms with Crippen LogP contribution in [-0.2, 0) is 9.53 Å². The Labute approximate surface area is 152 Å². The molecule has 1 aliphatic rings. The molecule has 3 rings (SSSR count). The highest BCUT2D eigenvalue weighted by atomic mass is 16.6. The molecule has 0 amide bonds. The monoisotopic (exact) mass is 351 g/mol. The maximum Gasteiger partial charge on any atom is 0.311 e. The van der Waals surface area contributed by atoms with E-state index in [2.05, 4.69) is 16.2 Å². The summed E-state index contributed by atoms with van der Waals surface area (Å²) in [5.41, 5.74) is 1.30. The van der Waals surface area contributed by atoms with Gasteiger partial charge in [-0.2, -0.15) is 4.68 Å². The third-order valence-corrected chi connectivity index (χ3v) is 4.63. The maximum absolute atomic E-state index is 13.1. The number of benzene rings is 1. The van der Waals surface area contributed by atoms with Gasteiger partial charge in [0.15, 0.2) is 5.60 Å². The number of fused-ring (bicyclic) bond motifs is 1. The third-order valence-electron chi connectivity index (χ3n) is 4.63. The second-order valence-corrected chi connectivity index (χ2v) is 7.11. The van der Waals surface area contributed by atoms with Crippen LogP contribution in [0.4, 0.5) is 0 Å². The number of allylic oxidation sites excluding steroid dienone is 2. The van der Waals surface area contributed by atoms with E-state index >= 15 is 0 Å². The Kier molecular flexibility index (Phi) is 4.64. The summed E-state index contributed by atoms with van der Waals surface area (Å²) >= 11 is 0. The molecule has 0 unspecified atom stereocenters. The van der Waals surface area contributed by atoms with Gasteiger partial charge in [-0.1, -0.05) is 34.9 Å². The number of rotatable bonds is 3. The maximum atomic E-state index is 13.1. The van der Waals surface area contributed by atoms with Gasteiger partial charge in [0.2, 0.25) is 0 Å². The van der Waals surface area contributed by atoms with E-state index < -0.39 is 23.4 Å². The van der Waals surface area contributed by atoms with Gasteiger partial charge in [0, 0.05) is 0 Å². The average molecular weight is 351 g/mol. The number of aromatic nitrogens is 3. The number of hydrogen-bond acceptors (Lipinski definition) is 5. The van der Waals surface area contributed by atoms with Crippen LogP contribution in [-0.4, -0.2) is 32.5 Å². The minimum absolute atomic E-state index is 0.261. The number of ether oxygens (including phenoxy) is 1. The van der Waals surface area contributed by atoms with Crippen molar-refractivity contribution in [1.82, 2.24) is 15.0 Å². The van der Waals surface area contributed by atoms with Crippen LogP contribution in [0.25, 0.3) is 11.0 Å². The molecule has 0 fully saturated rings. The number of terminal acetylenes is 1. The summed E-state index contributed by atoms with van der Waals surface area (Å²) in [5, 5.41) is 8.01. The van der Waals surface area contributed by atoms with E-state index in [4.69, 9.17) is 11.2 Å². The van der Waals surface area contributed by atoms with Crippen molar-refractivity contribution in [3.8, 4) is 12.3 Å². The van der Waals surface area contributed by atoms with Gasteiger partial charge in [-0.3, -0.25) is 9.59 Å². The third kappa shape index (κ3) is 3.38. The first-order valence-corrected chi connectivity index (χ1v) is 8.53. The second-order valence-electron chi connectivity index (χ2n) is 7.11. The van der Waals surface area contributed by atoms with Crippen molar-refractivity contribution in [2.45, 2.75) is 39.2 Å². The lowest BCUT2D eigenvalue weighted by Gasteiger charge is -2.30. The van der Waals surface area contributed by atoms with Crippen LogP contribution in [0.15, 0.2) is 35.9 Å². The molecule has 0 spiro atoms. The molecule has 0 radical (unpaired) electrons. The Hall–Kier alpha value is -2.94. The lowest BCUT2D eigenvalue weighted by Crippen LogP contribution is -2.39. The molecule has 0 N–H and O–H groups in total.